The molecule has 0 heterocycles. The van der Waals surface area contributed by atoms with E-state index in [2.05, 4.69) is 29.6 Å². The molecule has 0 saturated heterocycles. The van der Waals surface area contributed by atoms with Gasteiger partial charge in [0.05, 0.1) is 12.5 Å². The van der Waals surface area contributed by atoms with E-state index < -0.39 is 5.41 Å². The topological polar surface area (TPSA) is 38.3 Å². The number of hydrogen-bond donors (Lipinski definition) is 1. The highest BCUT2D eigenvalue weighted by Gasteiger charge is 2.52. The Morgan fingerprint density at radius 2 is 1.95 bits per heavy atom. The van der Waals surface area contributed by atoms with E-state index in [0.29, 0.717) is 5.92 Å². The van der Waals surface area contributed by atoms with Crippen LogP contribution in [-0.4, -0.2) is 20.1 Å². The average Bonchev–Trinajstić information content (AvgIpc) is 2.60. The lowest BCUT2D eigenvalue weighted by Gasteiger charge is -2.48. The fourth-order valence-corrected chi connectivity index (χ4v) is 4.35. The summed E-state index contributed by atoms with van der Waals surface area (Å²) in [4.78, 5) is 12.9. The normalized spacial score (nSPS) is 24.4. The Morgan fingerprint density at radius 3 is 2.73 bits per heavy atom. The highest BCUT2D eigenvalue weighted by molar-refractivity contribution is 5.94. The Balaban J connectivity index is 2.06. The molecule has 0 fully saturated rings. The van der Waals surface area contributed by atoms with Crippen molar-refractivity contribution in [3.8, 4) is 5.75 Å². The van der Waals surface area contributed by atoms with Crippen LogP contribution in [-0.2, 0) is 10.2 Å². The maximum atomic E-state index is 12.9. The molecule has 2 aromatic carbocycles. The van der Waals surface area contributed by atoms with Crippen molar-refractivity contribution in [3.63, 3.8) is 0 Å². The standard InChI is InChI=1S/C19H19NO2/c1-20-18(21)19-10-9-13(14-5-3-4-6-16(14)19)15-8-7-12(22-2)11-17(15)19/h3-8,11,13H,9-10H2,1-2H3,(H,20,21). The molecule has 3 aliphatic rings. The van der Waals surface area contributed by atoms with Gasteiger partial charge >= 0.3 is 0 Å². The molecule has 2 aromatic rings. The van der Waals surface area contributed by atoms with Crippen LogP contribution in [0.5, 0.6) is 5.75 Å². The third-order valence-corrected chi connectivity index (χ3v) is 5.31. The van der Waals surface area contributed by atoms with Crippen molar-refractivity contribution in [2.75, 3.05) is 14.2 Å². The summed E-state index contributed by atoms with van der Waals surface area (Å²) in [6, 6.07) is 14.6. The first-order valence-corrected chi connectivity index (χ1v) is 7.72. The number of nitrogens with one attached hydrogen (secondary N) is 1. The number of methoxy groups -OCH3 is 1. The Labute approximate surface area is 130 Å². The lowest BCUT2D eigenvalue weighted by atomic mass is 9.55. The van der Waals surface area contributed by atoms with Crippen molar-refractivity contribution in [1.82, 2.24) is 5.32 Å². The number of carbonyl (C=O) groups excluding carboxylic acids is 1. The molecular weight excluding hydrogens is 274 g/mol. The smallest absolute Gasteiger partial charge is 0.234 e. The molecule has 0 aromatic heterocycles. The Kier molecular flexibility index (Phi) is 2.80. The quantitative estimate of drug-likeness (QED) is 0.924. The highest BCUT2D eigenvalue weighted by atomic mass is 16.5. The van der Waals surface area contributed by atoms with Crippen LogP contribution in [0.1, 0.15) is 41.0 Å². The van der Waals surface area contributed by atoms with Crippen LogP contribution in [0.15, 0.2) is 42.5 Å². The molecule has 0 radical (unpaired) electrons. The van der Waals surface area contributed by atoms with E-state index in [1.165, 1.54) is 11.1 Å². The summed E-state index contributed by atoms with van der Waals surface area (Å²) in [6.45, 7) is 0. The number of amides is 1. The van der Waals surface area contributed by atoms with Gasteiger partial charge in [-0.15, -0.1) is 0 Å². The molecule has 3 heteroatoms. The van der Waals surface area contributed by atoms with Gasteiger partial charge in [-0.25, -0.2) is 0 Å². The van der Waals surface area contributed by atoms with Crippen LogP contribution in [0.4, 0.5) is 0 Å². The molecule has 2 bridgehead atoms. The maximum Gasteiger partial charge on any atom is 0.234 e. The maximum absolute atomic E-state index is 12.9. The van der Waals surface area contributed by atoms with Crippen molar-refractivity contribution in [1.29, 1.82) is 0 Å². The van der Waals surface area contributed by atoms with E-state index in [1.807, 2.05) is 18.2 Å². The van der Waals surface area contributed by atoms with Gasteiger partial charge in [0.15, 0.2) is 0 Å². The van der Waals surface area contributed by atoms with Crippen molar-refractivity contribution in [2.24, 2.45) is 0 Å². The van der Waals surface area contributed by atoms with Crippen LogP contribution in [0.25, 0.3) is 0 Å². The summed E-state index contributed by atoms with van der Waals surface area (Å²) >= 11 is 0. The molecule has 0 saturated carbocycles. The average molecular weight is 293 g/mol. The number of rotatable bonds is 2. The molecule has 112 valence electrons. The number of benzene rings is 2. The third-order valence-electron chi connectivity index (χ3n) is 5.31. The predicted molar refractivity (Wildman–Crippen MR) is 85.4 cm³/mol. The molecule has 3 nitrogen and oxygen atoms in total. The van der Waals surface area contributed by atoms with Crippen molar-refractivity contribution >= 4 is 5.91 Å². The molecule has 0 spiro atoms. The van der Waals surface area contributed by atoms with Crippen LogP contribution >= 0.6 is 0 Å². The summed E-state index contributed by atoms with van der Waals surface area (Å²) in [6.07, 6.45) is 1.87. The third kappa shape index (κ3) is 1.48. The van der Waals surface area contributed by atoms with Gasteiger partial charge in [0.2, 0.25) is 5.91 Å². The SMILES string of the molecule is CNC(=O)C12CCC(c3ccccc31)c1ccc(OC)cc12. The van der Waals surface area contributed by atoms with Crippen molar-refractivity contribution < 1.29 is 9.53 Å². The van der Waals surface area contributed by atoms with Gasteiger partial charge < -0.3 is 10.1 Å². The van der Waals surface area contributed by atoms with Crippen LogP contribution < -0.4 is 10.1 Å². The fraction of sp³-hybridized carbons (Fsp3) is 0.316. The molecule has 5 rings (SSSR count). The molecule has 2 atom stereocenters. The first kappa shape index (κ1) is 13.4. The zero-order valence-corrected chi connectivity index (χ0v) is 12.8. The van der Waals surface area contributed by atoms with E-state index in [4.69, 9.17) is 4.74 Å². The number of likely N-dealkylation sites (N-methyl/N-ethyl adjacent to an activating group) is 1. The zero-order valence-electron chi connectivity index (χ0n) is 12.8. The van der Waals surface area contributed by atoms with Crippen molar-refractivity contribution in [2.45, 2.75) is 24.2 Å². The summed E-state index contributed by atoms with van der Waals surface area (Å²) < 4.78 is 5.40. The lowest BCUT2D eigenvalue weighted by Crippen LogP contribution is -2.50. The first-order valence-electron chi connectivity index (χ1n) is 7.72. The van der Waals surface area contributed by atoms with Crippen LogP contribution in [0.2, 0.25) is 0 Å². The Hall–Kier alpha value is -2.29. The number of fused-ring (bicyclic) bond motifs is 1. The minimum absolute atomic E-state index is 0.0765. The van der Waals surface area contributed by atoms with Gasteiger partial charge in [-0.1, -0.05) is 30.3 Å². The zero-order chi connectivity index (χ0) is 15.3. The second-order valence-electron chi connectivity index (χ2n) is 6.12. The van der Waals surface area contributed by atoms with E-state index >= 15 is 0 Å². The molecule has 3 aliphatic carbocycles. The second-order valence-corrected chi connectivity index (χ2v) is 6.12. The summed E-state index contributed by atoms with van der Waals surface area (Å²) in [5.74, 6) is 1.28. The summed E-state index contributed by atoms with van der Waals surface area (Å²) in [5, 5.41) is 2.89. The first-order chi connectivity index (χ1) is 10.7. The molecule has 0 aliphatic heterocycles. The fourth-order valence-electron chi connectivity index (χ4n) is 4.35. The van der Waals surface area contributed by atoms with Gasteiger partial charge in [-0.3, -0.25) is 4.79 Å². The molecule has 2 unspecified atom stereocenters. The van der Waals surface area contributed by atoms with E-state index in [1.54, 1.807) is 14.2 Å². The number of ether oxygens (including phenoxy) is 1. The second kappa shape index (κ2) is 4.60. The minimum Gasteiger partial charge on any atom is -0.497 e. The monoisotopic (exact) mass is 293 g/mol. The van der Waals surface area contributed by atoms with Gasteiger partial charge in [-0.2, -0.15) is 0 Å². The summed E-state index contributed by atoms with van der Waals surface area (Å²) in [7, 11) is 3.39. The molecule has 22 heavy (non-hydrogen) atoms. The van der Waals surface area contributed by atoms with E-state index in [9.17, 15) is 4.79 Å². The van der Waals surface area contributed by atoms with Gasteiger partial charge in [0.25, 0.3) is 0 Å². The summed E-state index contributed by atoms with van der Waals surface area (Å²) in [5.41, 5.74) is 4.26. The van der Waals surface area contributed by atoms with E-state index in [-0.39, 0.29) is 5.91 Å². The minimum atomic E-state index is -0.579. The van der Waals surface area contributed by atoms with Gasteiger partial charge in [0, 0.05) is 13.0 Å². The van der Waals surface area contributed by atoms with Gasteiger partial charge in [-0.05, 0) is 47.2 Å². The molecule has 1 amide bonds. The number of carbonyl (C=O) groups is 1. The van der Waals surface area contributed by atoms with Gasteiger partial charge in [0.1, 0.15) is 5.75 Å². The largest absolute Gasteiger partial charge is 0.497 e. The lowest BCUT2D eigenvalue weighted by molar-refractivity contribution is -0.125. The van der Waals surface area contributed by atoms with Crippen LogP contribution in [0.3, 0.4) is 0 Å². The van der Waals surface area contributed by atoms with Crippen LogP contribution in [0, 0.1) is 0 Å². The molecule has 1 N–H and O–H groups in total. The van der Waals surface area contributed by atoms with E-state index in [0.717, 1.165) is 29.7 Å². The Bertz CT molecular complexity index is 768. The molecular formula is C19H19NO2. The highest BCUT2D eigenvalue weighted by Crippen LogP contribution is 2.56. The van der Waals surface area contributed by atoms with Crippen molar-refractivity contribution in [3.05, 3.63) is 64.7 Å². The Morgan fingerprint density at radius 1 is 1.18 bits per heavy atom. The predicted octanol–water partition coefficient (Wildman–Crippen LogP) is 2.97. The number of hydrogen-bond acceptors (Lipinski definition) is 2.